The summed E-state index contributed by atoms with van der Waals surface area (Å²) in [6.45, 7) is 12.4. The van der Waals surface area contributed by atoms with Crippen LogP contribution in [0.15, 0.2) is 12.1 Å². The molecule has 20 heavy (non-hydrogen) atoms. The Kier molecular flexibility index (Phi) is 4.64. The SMILES string of the molecule is Cc1cc(C)c(C(=O)CN2CC(C)CCC2C)cc1C. The fraction of sp³-hybridized carbons (Fsp3) is 0.611. The molecule has 2 rings (SSSR count). The highest BCUT2D eigenvalue weighted by molar-refractivity contribution is 5.99. The molecule has 0 radical (unpaired) electrons. The van der Waals surface area contributed by atoms with Crippen LogP contribution in [0.3, 0.4) is 0 Å². The topological polar surface area (TPSA) is 20.3 Å². The molecule has 1 aliphatic heterocycles. The number of ketones is 1. The molecule has 0 N–H and O–H groups in total. The van der Waals surface area contributed by atoms with Gasteiger partial charge in [-0.1, -0.05) is 13.0 Å². The molecule has 2 unspecified atom stereocenters. The summed E-state index contributed by atoms with van der Waals surface area (Å²) in [5, 5.41) is 0. The normalized spacial score (nSPS) is 23.9. The molecule has 0 amide bonds. The van der Waals surface area contributed by atoms with Crippen molar-refractivity contribution in [3.05, 3.63) is 34.4 Å². The van der Waals surface area contributed by atoms with Crippen LogP contribution >= 0.6 is 0 Å². The van der Waals surface area contributed by atoms with Crippen molar-refractivity contribution in [3.63, 3.8) is 0 Å². The van der Waals surface area contributed by atoms with E-state index in [1.807, 2.05) is 6.92 Å². The minimum Gasteiger partial charge on any atom is -0.293 e. The second-order valence-electron chi connectivity index (χ2n) is 6.64. The first kappa shape index (κ1) is 15.2. The maximum atomic E-state index is 12.6. The van der Waals surface area contributed by atoms with Crippen molar-refractivity contribution in [3.8, 4) is 0 Å². The van der Waals surface area contributed by atoms with Gasteiger partial charge in [-0.15, -0.1) is 0 Å². The summed E-state index contributed by atoms with van der Waals surface area (Å²) in [5.74, 6) is 0.978. The second kappa shape index (κ2) is 6.09. The van der Waals surface area contributed by atoms with Crippen LogP contribution in [0, 0.1) is 26.7 Å². The lowest BCUT2D eigenvalue weighted by Crippen LogP contribution is -2.43. The smallest absolute Gasteiger partial charge is 0.177 e. The van der Waals surface area contributed by atoms with Gasteiger partial charge in [0.15, 0.2) is 5.78 Å². The quantitative estimate of drug-likeness (QED) is 0.778. The van der Waals surface area contributed by atoms with E-state index < -0.39 is 0 Å². The largest absolute Gasteiger partial charge is 0.293 e. The van der Waals surface area contributed by atoms with Crippen LogP contribution in [0.1, 0.15) is 53.7 Å². The third-order valence-corrected chi connectivity index (χ3v) is 4.73. The number of Topliss-reactive ketones (excluding diaryl/α,β-unsaturated/α-hetero) is 1. The molecule has 1 saturated heterocycles. The molecule has 0 bridgehead atoms. The Hall–Kier alpha value is -1.15. The van der Waals surface area contributed by atoms with Crippen LogP contribution in [0.25, 0.3) is 0 Å². The van der Waals surface area contributed by atoms with Gasteiger partial charge in [0, 0.05) is 18.2 Å². The number of hydrogen-bond acceptors (Lipinski definition) is 2. The molecule has 2 atom stereocenters. The molecule has 1 aromatic carbocycles. The monoisotopic (exact) mass is 273 g/mol. The van der Waals surface area contributed by atoms with Crippen molar-refractivity contribution in [2.45, 2.75) is 53.5 Å². The summed E-state index contributed by atoms with van der Waals surface area (Å²) in [6.07, 6.45) is 2.49. The van der Waals surface area contributed by atoms with Crippen LogP contribution in [0.4, 0.5) is 0 Å². The summed E-state index contributed by atoms with van der Waals surface area (Å²) < 4.78 is 0. The first-order valence-corrected chi connectivity index (χ1v) is 7.73. The highest BCUT2D eigenvalue weighted by Crippen LogP contribution is 2.22. The van der Waals surface area contributed by atoms with Crippen molar-refractivity contribution in [2.24, 2.45) is 5.92 Å². The summed E-state index contributed by atoms with van der Waals surface area (Å²) in [5.41, 5.74) is 4.48. The van der Waals surface area contributed by atoms with Gasteiger partial charge in [-0.25, -0.2) is 0 Å². The third kappa shape index (κ3) is 3.29. The van der Waals surface area contributed by atoms with E-state index in [9.17, 15) is 4.79 Å². The van der Waals surface area contributed by atoms with Crippen molar-refractivity contribution < 1.29 is 4.79 Å². The van der Waals surface area contributed by atoms with Gasteiger partial charge in [-0.05, 0) is 69.2 Å². The van der Waals surface area contributed by atoms with E-state index in [0.29, 0.717) is 18.5 Å². The lowest BCUT2D eigenvalue weighted by atomic mass is 9.93. The molecule has 110 valence electrons. The van der Waals surface area contributed by atoms with Crippen LogP contribution in [0.5, 0.6) is 0 Å². The Bertz CT molecular complexity index is 506. The summed E-state index contributed by atoms with van der Waals surface area (Å²) in [6, 6.07) is 4.72. The lowest BCUT2D eigenvalue weighted by Gasteiger charge is -2.36. The fourth-order valence-corrected chi connectivity index (χ4v) is 3.13. The molecule has 0 spiro atoms. The molecule has 1 aliphatic rings. The average molecular weight is 273 g/mol. The molecule has 1 heterocycles. The van der Waals surface area contributed by atoms with Gasteiger partial charge in [-0.3, -0.25) is 9.69 Å². The van der Waals surface area contributed by atoms with E-state index in [0.717, 1.165) is 17.7 Å². The molecule has 0 aliphatic carbocycles. The highest BCUT2D eigenvalue weighted by Gasteiger charge is 2.25. The molecule has 2 heteroatoms. The Morgan fingerprint density at radius 1 is 1.10 bits per heavy atom. The second-order valence-corrected chi connectivity index (χ2v) is 6.64. The Morgan fingerprint density at radius 3 is 2.45 bits per heavy atom. The lowest BCUT2D eigenvalue weighted by molar-refractivity contribution is 0.0804. The van der Waals surface area contributed by atoms with Crippen molar-refractivity contribution >= 4 is 5.78 Å². The molecule has 0 aromatic heterocycles. The fourth-order valence-electron chi connectivity index (χ4n) is 3.13. The number of piperidine rings is 1. The van der Waals surface area contributed by atoms with Gasteiger partial charge < -0.3 is 0 Å². The molecule has 1 fully saturated rings. The van der Waals surface area contributed by atoms with Gasteiger partial charge in [0.2, 0.25) is 0 Å². The van der Waals surface area contributed by atoms with Crippen LogP contribution in [0.2, 0.25) is 0 Å². The Labute approximate surface area is 123 Å². The standard InChI is InChI=1S/C18H27NO/c1-12-6-7-16(5)19(10-12)11-18(20)17-9-14(3)13(2)8-15(17)4/h8-9,12,16H,6-7,10-11H2,1-5H3. The predicted molar refractivity (Wildman–Crippen MR) is 84.4 cm³/mol. The van der Waals surface area contributed by atoms with Crippen molar-refractivity contribution in [2.75, 3.05) is 13.1 Å². The van der Waals surface area contributed by atoms with Crippen molar-refractivity contribution in [1.82, 2.24) is 4.90 Å². The maximum Gasteiger partial charge on any atom is 0.177 e. The van der Waals surface area contributed by atoms with Crippen LogP contribution in [-0.2, 0) is 0 Å². The number of carbonyl (C=O) groups excluding carboxylic acids is 1. The van der Waals surface area contributed by atoms with Gasteiger partial charge in [-0.2, -0.15) is 0 Å². The van der Waals surface area contributed by atoms with E-state index in [4.69, 9.17) is 0 Å². The number of carbonyl (C=O) groups is 1. The third-order valence-electron chi connectivity index (χ3n) is 4.73. The minimum absolute atomic E-state index is 0.270. The first-order chi connectivity index (χ1) is 9.38. The number of aryl methyl sites for hydroxylation is 3. The number of benzene rings is 1. The van der Waals surface area contributed by atoms with E-state index in [1.54, 1.807) is 0 Å². The summed E-state index contributed by atoms with van der Waals surface area (Å²) in [4.78, 5) is 15.0. The van der Waals surface area contributed by atoms with E-state index in [-0.39, 0.29) is 5.78 Å². The Balaban J connectivity index is 2.14. The average Bonchev–Trinajstić information content (AvgIpc) is 2.38. The van der Waals surface area contributed by atoms with Crippen LogP contribution in [-0.4, -0.2) is 29.8 Å². The molecule has 0 saturated carbocycles. The zero-order valence-corrected chi connectivity index (χ0v) is 13.5. The zero-order valence-electron chi connectivity index (χ0n) is 13.5. The van der Waals surface area contributed by atoms with Gasteiger partial charge in [0.05, 0.1) is 6.54 Å². The summed E-state index contributed by atoms with van der Waals surface area (Å²) >= 11 is 0. The zero-order chi connectivity index (χ0) is 14.9. The van der Waals surface area contributed by atoms with Crippen molar-refractivity contribution in [1.29, 1.82) is 0 Å². The molecular formula is C18H27NO. The molecule has 2 nitrogen and oxygen atoms in total. The van der Waals surface area contributed by atoms with Gasteiger partial charge in [0.25, 0.3) is 0 Å². The van der Waals surface area contributed by atoms with E-state index in [1.165, 1.54) is 24.0 Å². The highest BCUT2D eigenvalue weighted by atomic mass is 16.1. The number of likely N-dealkylation sites (tertiary alicyclic amines) is 1. The maximum absolute atomic E-state index is 12.6. The number of hydrogen-bond donors (Lipinski definition) is 0. The van der Waals surface area contributed by atoms with E-state index in [2.05, 4.69) is 44.7 Å². The molecular weight excluding hydrogens is 246 g/mol. The number of rotatable bonds is 3. The van der Waals surface area contributed by atoms with Gasteiger partial charge in [0.1, 0.15) is 0 Å². The number of nitrogens with zero attached hydrogens (tertiary/aromatic N) is 1. The van der Waals surface area contributed by atoms with Crippen LogP contribution < -0.4 is 0 Å². The molecule has 1 aromatic rings. The predicted octanol–water partition coefficient (Wildman–Crippen LogP) is 3.91. The minimum atomic E-state index is 0.270. The first-order valence-electron chi connectivity index (χ1n) is 7.73. The van der Waals surface area contributed by atoms with Gasteiger partial charge >= 0.3 is 0 Å². The Morgan fingerprint density at radius 2 is 1.75 bits per heavy atom. The van der Waals surface area contributed by atoms with E-state index >= 15 is 0 Å². The summed E-state index contributed by atoms with van der Waals surface area (Å²) in [7, 11) is 0.